The average Bonchev–Trinajstić information content (AvgIpc) is 2.67. The number of rotatable bonds is 5. The number of carbonyl (C=O) groups excluding carboxylic acids is 2. The van der Waals surface area contributed by atoms with Crippen LogP contribution in [0, 0.1) is 19.7 Å². The molecule has 30 heavy (non-hydrogen) atoms. The normalized spacial score (nSPS) is 10.6. The van der Waals surface area contributed by atoms with E-state index >= 15 is 0 Å². The summed E-state index contributed by atoms with van der Waals surface area (Å²) < 4.78 is 13.9. The number of nitrogens with one attached hydrogen (secondary N) is 1. The Bertz CT molecular complexity index is 1100. The first kappa shape index (κ1) is 21.5. The fraction of sp³-hybridized carbons (Fsp3) is 0.174. The molecule has 0 aliphatic carbocycles. The summed E-state index contributed by atoms with van der Waals surface area (Å²) in [6.07, 6.45) is 1.29. The van der Waals surface area contributed by atoms with Crippen molar-refractivity contribution in [3.05, 3.63) is 82.3 Å². The van der Waals surface area contributed by atoms with Crippen molar-refractivity contribution in [3.8, 4) is 0 Å². The summed E-state index contributed by atoms with van der Waals surface area (Å²) in [7, 11) is 0. The van der Waals surface area contributed by atoms with Gasteiger partial charge < -0.3 is 5.32 Å². The Morgan fingerprint density at radius 2 is 1.90 bits per heavy atom. The Balaban J connectivity index is 1.85. The summed E-state index contributed by atoms with van der Waals surface area (Å²) in [5.41, 5.74) is 3.29. The highest BCUT2D eigenvalue weighted by molar-refractivity contribution is 6.31. The van der Waals surface area contributed by atoms with E-state index in [1.807, 2.05) is 32.0 Å². The molecular formula is C23H21ClFN3O2. The zero-order valence-electron chi connectivity index (χ0n) is 16.9. The van der Waals surface area contributed by atoms with E-state index < -0.39 is 11.7 Å². The molecule has 3 aromatic rings. The highest BCUT2D eigenvalue weighted by Crippen LogP contribution is 2.29. The maximum absolute atomic E-state index is 13.9. The molecule has 7 heteroatoms. The molecule has 1 heterocycles. The summed E-state index contributed by atoms with van der Waals surface area (Å²) >= 11 is 6.00. The third kappa shape index (κ3) is 4.83. The van der Waals surface area contributed by atoms with E-state index in [1.165, 1.54) is 36.2 Å². The zero-order valence-corrected chi connectivity index (χ0v) is 17.6. The number of amides is 2. The molecule has 1 aromatic heterocycles. The lowest BCUT2D eigenvalue weighted by Gasteiger charge is -2.23. The number of aryl methyl sites for hydroxylation is 2. The maximum atomic E-state index is 13.9. The van der Waals surface area contributed by atoms with Crippen LogP contribution in [0.25, 0.3) is 0 Å². The third-order valence-electron chi connectivity index (χ3n) is 4.57. The summed E-state index contributed by atoms with van der Waals surface area (Å²) in [5, 5.41) is 2.90. The van der Waals surface area contributed by atoms with E-state index in [4.69, 9.17) is 11.6 Å². The van der Waals surface area contributed by atoms with Crippen molar-refractivity contribution in [2.75, 3.05) is 10.2 Å². The van der Waals surface area contributed by atoms with Crippen molar-refractivity contribution in [1.29, 1.82) is 0 Å². The van der Waals surface area contributed by atoms with Crippen molar-refractivity contribution in [2.45, 2.75) is 27.2 Å². The molecule has 0 atom stereocenters. The Hall–Kier alpha value is -3.25. The zero-order chi connectivity index (χ0) is 21.8. The van der Waals surface area contributed by atoms with Crippen LogP contribution in [-0.2, 0) is 16.0 Å². The fourth-order valence-corrected chi connectivity index (χ4v) is 3.43. The number of hydrogen-bond acceptors (Lipinski definition) is 3. The van der Waals surface area contributed by atoms with Gasteiger partial charge in [0.05, 0.1) is 12.1 Å². The number of hydrogen-bond donors (Lipinski definition) is 1. The van der Waals surface area contributed by atoms with E-state index in [0.29, 0.717) is 17.2 Å². The van der Waals surface area contributed by atoms with Crippen LogP contribution in [0.3, 0.4) is 0 Å². The van der Waals surface area contributed by atoms with Crippen molar-refractivity contribution in [3.63, 3.8) is 0 Å². The molecule has 0 aliphatic rings. The summed E-state index contributed by atoms with van der Waals surface area (Å²) in [4.78, 5) is 30.6. The molecule has 0 bridgehead atoms. The van der Waals surface area contributed by atoms with Crippen LogP contribution in [0.15, 0.2) is 54.7 Å². The molecule has 3 rings (SSSR count). The second-order valence-corrected chi connectivity index (χ2v) is 7.38. The molecular weight excluding hydrogens is 405 g/mol. The number of aromatic nitrogens is 1. The molecule has 0 radical (unpaired) electrons. The second-order valence-electron chi connectivity index (χ2n) is 6.97. The van der Waals surface area contributed by atoms with Crippen LogP contribution in [0.5, 0.6) is 0 Å². The predicted octanol–water partition coefficient (Wildman–Crippen LogP) is 5.36. The molecule has 5 nitrogen and oxygen atoms in total. The number of anilines is 3. The summed E-state index contributed by atoms with van der Waals surface area (Å²) in [5.74, 6) is -0.807. The maximum Gasteiger partial charge on any atom is 0.229 e. The SMILES string of the molecule is CC(=O)N(c1cc(NC(=O)Cc2c(F)cccc2Cl)ccn1)c1ccc(C)cc1C. The van der Waals surface area contributed by atoms with Crippen LogP contribution >= 0.6 is 11.6 Å². The molecule has 0 saturated heterocycles. The fourth-order valence-electron chi connectivity index (χ4n) is 3.20. The summed E-state index contributed by atoms with van der Waals surface area (Å²) in [6.45, 7) is 5.35. The third-order valence-corrected chi connectivity index (χ3v) is 4.92. The lowest BCUT2D eigenvalue weighted by atomic mass is 10.1. The first-order valence-corrected chi connectivity index (χ1v) is 9.71. The number of nitrogens with zero attached hydrogens (tertiary/aromatic N) is 2. The van der Waals surface area contributed by atoms with Gasteiger partial charge in [0.15, 0.2) is 0 Å². The molecule has 0 fully saturated rings. The molecule has 2 aromatic carbocycles. The number of halogens is 2. The summed E-state index contributed by atoms with van der Waals surface area (Å²) in [6, 6.07) is 13.2. The van der Waals surface area contributed by atoms with Crippen LogP contribution < -0.4 is 10.2 Å². The Morgan fingerprint density at radius 1 is 1.13 bits per heavy atom. The second kappa shape index (κ2) is 9.05. The minimum Gasteiger partial charge on any atom is -0.326 e. The van der Waals surface area contributed by atoms with Crippen molar-refractivity contribution < 1.29 is 14.0 Å². The van der Waals surface area contributed by atoms with Crippen molar-refractivity contribution in [1.82, 2.24) is 4.98 Å². The van der Waals surface area contributed by atoms with Gasteiger partial charge in [-0.15, -0.1) is 0 Å². The molecule has 0 saturated carbocycles. The van der Waals surface area contributed by atoms with Crippen LogP contribution in [0.2, 0.25) is 5.02 Å². The lowest BCUT2D eigenvalue weighted by molar-refractivity contribution is -0.116. The van der Waals surface area contributed by atoms with E-state index in [0.717, 1.165) is 11.1 Å². The molecule has 2 amide bonds. The first-order chi connectivity index (χ1) is 14.3. The van der Waals surface area contributed by atoms with E-state index in [1.54, 1.807) is 12.1 Å². The Labute approximate surface area is 179 Å². The van der Waals surface area contributed by atoms with Crippen molar-refractivity contribution >= 4 is 40.6 Å². The number of carbonyl (C=O) groups is 2. The van der Waals surface area contributed by atoms with Gasteiger partial charge >= 0.3 is 0 Å². The Kier molecular flexibility index (Phi) is 6.47. The van der Waals surface area contributed by atoms with Gasteiger partial charge in [0.25, 0.3) is 0 Å². The van der Waals surface area contributed by atoms with Gasteiger partial charge in [-0.25, -0.2) is 9.37 Å². The van der Waals surface area contributed by atoms with Crippen LogP contribution in [-0.4, -0.2) is 16.8 Å². The average molecular weight is 426 g/mol. The molecule has 154 valence electrons. The van der Waals surface area contributed by atoms with Gasteiger partial charge in [-0.1, -0.05) is 35.4 Å². The van der Waals surface area contributed by atoms with Gasteiger partial charge in [0.1, 0.15) is 11.6 Å². The van der Waals surface area contributed by atoms with Crippen LogP contribution in [0.4, 0.5) is 21.6 Å². The monoisotopic (exact) mass is 425 g/mol. The minimum absolute atomic E-state index is 0.131. The number of benzene rings is 2. The van der Waals surface area contributed by atoms with Crippen LogP contribution in [0.1, 0.15) is 23.6 Å². The standard InChI is InChI=1S/C23H21ClFN3O2/c1-14-7-8-21(15(2)11-14)28(16(3)29)22-12-17(9-10-26-22)27-23(30)13-18-19(24)5-4-6-20(18)25/h4-12H,13H2,1-3H3,(H,26,27,30). The van der Waals surface area contributed by atoms with E-state index in [-0.39, 0.29) is 22.9 Å². The van der Waals surface area contributed by atoms with Gasteiger partial charge in [-0.2, -0.15) is 0 Å². The van der Waals surface area contributed by atoms with Gasteiger partial charge in [0, 0.05) is 35.5 Å². The topological polar surface area (TPSA) is 62.3 Å². The molecule has 0 spiro atoms. The smallest absolute Gasteiger partial charge is 0.229 e. The van der Waals surface area contributed by atoms with Crippen molar-refractivity contribution in [2.24, 2.45) is 0 Å². The first-order valence-electron chi connectivity index (χ1n) is 9.33. The molecule has 1 N–H and O–H groups in total. The predicted molar refractivity (Wildman–Crippen MR) is 117 cm³/mol. The van der Waals surface area contributed by atoms with Gasteiger partial charge in [-0.3, -0.25) is 14.5 Å². The lowest BCUT2D eigenvalue weighted by Crippen LogP contribution is -2.25. The number of pyridine rings is 1. The minimum atomic E-state index is -0.536. The highest BCUT2D eigenvalue weighted by Gasteiger charge is 2.19. The molecule has 0 unspecified atom stereocenters. The quantitative estimate of drug-likeness (QED) is 0.598. The molecule has 0 aliphatic heterocycles. The Morgan fingerprint density at radius 3 is 2.57 bits per heavy atom. The largest absolute Gasteiger partial charge is 0.326 e. The van der Waals surface area contributed by atoms with Gasteiger partial charge in [0.2, 0.25) is 11.8 Å². The van der Waals surface area contributed by atoms with E-state index in [2.05, 4.69) is 10.3 Å². The van der Waals surface area contributed by atoms with E-state index in [9.17, 15) is 14.0 Å². The van der Waals surface area contributed by atoms with Gasteiger partial charge in [-0.05, 0) is 43.7 Å². The highest BCUT2D eigenvalue weighted by atomic mass is 35.5.